The SMILES string of the molecule is O=C(NCc1ccc(F)cc1)C1=CC2=CSC=CN2C=N1. The van der Waals surface area contributed by atoms with Crippen LogP contribution in [0.15, 0.2) is 63.7 Å². The largest absolute Gasteiger partial charge is 0.347 e. The number of fused-ring (bicyclic) bond motifs is 1. The molecule has 1 aromatic rings. The summed E-state index contributed by atoms with van der Waals surface area (Å²) in [5.74, 6) is -0.546. The maximum absolute atomic E-state index is 12.8. The van der Waals surface area contributed by atoms with E-state index in [1.54, 1.807) is 36.3 Å². The molecule has 21 heavy (non-hydrogen) atoms. The van der Waals surface area contributed by atoms with E-state index in [0.29, 0.717) is 12.2 Å². The van der Waals surface area contributed by atoms with Crippen LogP contribution in [0.2, 0.25) is 0 Å². The van der Waals surface area contributed by atoms with E-state index in [2.05, 4.69) is 10.3 Å². The number of thioether (sulfide) groups is 1. The quantitative estimate of drug-likeness (QED) is 0.933. The van der Waals surface area contributed by atoms with Gasteiger partial charge in [-0.15, -0.1) is 11.8 Å². The van der Waals surface area contributed by atoms with Crippen LogP contribution in [0, 0.1) is 5.82 Å². The third-order valence-corrected chi connectivity index (χ3v) is 3.65. The van der Waals surface area contributed by atoms with Crippen molar-refractivity contribution in [1.82, 2.24) is 10.2 Å². The van der Waals surface area contributed by atoms with Crippen molar-refractivity contribution in [3.63, 3.8) is 0 Å². The number of allylic oxidation sites excluding steroid dienone is 1. The fourth-order valence-electron chi connectivity index (χ4n) is 1.87. The molecule has 1 amide bonds. The normalized spacial score (nSPS) is 16.1. The molecule has 0 aliphatic carbocycles. The number of rotatable bonds is 3. The fraction of sp³-hybridized carbons (Fsp3) is 0.0667. The van der Waals surface area contributed by atoms with Gasteiger partial charge in [0.05, 0.1) is 5.70 Å². The van der Waals surface area contributed by atoms with Gasteiger partial charge in [0.15, 0.2) is 0 Å². The molecule has 0 unspecified atom stereocenters. The van der Waals surface area contributed by atoms with E-state index in [9.17, 15) is 9.18 Å². The number of halogens is 1. The lowest BCUT2D eigenvalue weighted by atomic mass is 10.2. The number of hydrogen-bond acceptors (Lipinski definition) is 4. The van der Waals surface area contributed by atoms with E-state index in [1.165, 1.54) is 12.1 Å². The molecular weight excluding hydrogens is 289 g/mol. The Bertz CT molecular complexity index is 677. The molecule has 0 saturated carbocycles. The molecule has 2 aliphatic heterocycles. The molecule has 0 radical (unpaired) electrons. The summed E-state index contributed by atoms with van der Waals surface area (Å²) in [5.41, 5.74) is 2.10. The summed E-state index contributed by atoms with van der Waals surface area (Å²) in [6.07, 6.45) is 5.22. The van der Waals surface area contributed by atoms with E-state index in [1.807, 2.05) is 21.9 Å². The summed E-state index contributed by atoms with van der Waals surface area (Å²) < 4.78 is 12.8. The molecule has 0 atom stereocenters. The predicted molar refractivity (Wildman–Crippen MR) is 81.5 cm³/mol. The van der Waals surface area contributed by atoms with Gasteiger partial charge in [-0.25, -0.2) is 9.38 Å². The zero-order valence-corrected chi connectivity index (χ0v) is 11.8. The van der Waals surface area contributed by atoms with Crippen LogP contribution in [0.25, 0.3) is 0 Å². The number of amides is 1. The Morgan fingerprint density at radius 3 is 2.95 bits per heavy atom. The highest BCUT2D eigenvalue weighted by atomic mass is 32.2. The van der Waals surface area contributed by atoms with Crippen LogP contribution in [0.4, 0.5) is 4.39 Å². The highest BCUT2D eigenvalue weighted by Gasteiger charge is 2.16. The standard InChI is InChI=1S/C15H12FN3OS/c16-12-3-1-11(2-4-12)8-17-15(20)14-7-13-9-21-6-5-19(13)10-18-14/h1-7,9-10H,8H2,(H,17,20). The molecule has 0 bridgehead atoms. The van der Waals surface area contributed by atoms with Crippen LogP contribution >= 0.6 is 11.8 Å². The summed E-state index contributed by atoms with van der Waals surface area (Å²) in [5, 5.41) is 6.65. The first-order chi connectivity index (χ1) is 10.2. The van der Waals surface area contributed by atoms with Gasteiger partial charge in [-0.05, 0) is 34.6 Å². The summed E-state index contributed by atoms with van der Waals surface area (Å²) in [6, 6.07) is 6.02. The maximum Gasteiger partial charge on any atom is 0.270 e. The van der Waals surface area contributed by atoms with Gasteiger partial charge in [-0.2, -0.15) is 0 Å². The molecule has 0 spiro atoms. The minimum atomic E-state index is -0.292. The molecule has 4 nitrogen and oxygen atoms in total. The Balaban J connectivity index is 1.63. The lowest BCUT2D eigenvalue weighted by Crippen LogP contribution is -2.27. The van der Waals surface area contributed by atoms with E-state index < -0.39 is 0 Å². The van der Waals surface area contributed by atoms with Gasteiger partial charge in [-0.3, -0.25) is 4.79 Å². The van der Waals surface area contributed by atoms with Crippen molar-refractivity contribution < 1.29 is 9.18 Å². The van der Waals surface area contributed by atoms with E-state index in [-0.39, 0.29) is 11.7 Å². The monoisotopic (exact) mass is 301 g/mol. The van der Waals surface area contributed by atoms with Gasteiger partial charge < -0.3 is 10.2 Å². The average Bonchev–Trinajstić information content (AvgIpc) is 2.53. The van der Waals surface area contributed by atoms with Crippen molar-refractivity contribution in [2.24, 2.45) is 4.99 Å². The van der Waals surface area contributed by atoms with Crippen molar-refractivity contribution in [2.75, 3.05) is 0 Å². The first kappa shape index (κ1) is 13.6. The second-order valence-electron chi connectivity index (χ2n) is 4.45. The molecule has 0 saturated heterocycles. The zero-order chi connectivity index (χ0) is 14.7. The lowest BCUT2D eigenvalue weighted by Gasteiger charge is -2.22. The molecule has 2 heterocycles. The third-order valence-electron chi connectivity index (χ3n) is 2.99. The molecule has 0 aromatic heterocycles. The first-order valence-electron chi connectivity index (χ1n) is 6.31. The second kappa shape index (κ2) is 5.97. The van der Waals surface area contributed by atoms with Crippen LogP contribution in [-0.4, -0.2) is 17.1 Å². The molecule has 106 valence electrons. The molecule has 2 aliphatic rings. The van der Waals surface area contributed by atoms with Crippen molar-refractivity contribution in [2.45, 2.75) is 6.54 Å². The second-order valence-corrected chi connectivity index (χ2v) is 5.23. The fourth-order valence-corrected chi connectivity index (χ4v) is 2.48. The van der Waals surface area contributed by atoms with Crippen molar-refractivity contribution in [3.8, 4) is 0 Å². The molecule has 1 aromatic carbocycles. The number of aliphatic imine (C=N–C) groups is 1. The molecule has 1 N–H and O–H groups in total. The van der Waals surface area contributed by atoms with Gasteiger partial charge in [0.25, 0.3) is 5.91 Å². The van der Waals surface area contributed by atoms with Gasteiger partial charge >= 0.3 is 0 Å². The number of carbonyl (C=O) groups excluding carboxylic acids is 1. The zero-order valence-electron chi connectivity index (χ0n) is 11.0. The average molecular weight is 301 g/mol. The van der Waals surface area contributed by atoms with Crippen molar-refractivity contribution >= 4 is 24.0 Å². The van der Waals surface area contributed by atoms with Crippen LogP contribution in [0.3, 0.4) is 0 Å². The maximum atomic E-state index is 12.8. The van der Waals surface area contributed by atoms with E-state index in [4.69, 9.17) is 0 Å². The molecular formula is C15H12FN3OS. The summed E-state index contributed by atoms with van der Waals surface area (Å²) >= 11 is 1.55. The number of benzene rings is 1. The van der Waals surface area contributed by atoms with Crippen LogP contribution in [0.5, 0.6) is 0 Å². The highest BCUT2D eigenvalue weighted by Crippen LogP contribution is 2.23. The van der Waals surface area contributed by atoms with Crippen LogP contribution < -0.4 is 5.32 Å². The molecule has 3 rings (SSSR count). The Morgan fingerprint density at radius 2 is 2.14 bits per heavy atom. The van der Waals surface area contributed by atoms with Gasteiger partial charge in [-0.1, -0.05) is 12.1 Å². The van der Waals surface area contributed by atoms with E-state index in [0.717, 1.165) is 11.3 Å². The Morgan fingerprint density at radius 1 is 1.33 bits per heavy atom. The minimum absolute atomic E-state index is 0.254. The summed E-state index contributed by atoms with van der Waals surface area (Å²) in [7, 11) is 0. The van der Waals surface area contributed by atoms with Crippen molar-refractivity contribution in [1.29, 1.82) is 0 Å². The lowest BCUT2D eigenvalue weighted by molar-refractivity contribution is -0.117. The number of hydrogen-bond donors (Lipinski definition) is 1. The minimum Gasteiger partial charge on any atom is -0.347 e. The third kappa shape index (κ3) is 3.22. The number of carbonyl (C=O) groups is 1. The number of nitrogens with zero attached hydrogens (tertiary/aromatic N) is 2. The molecule has 6 heteroatoms. The van der Waals surface area contributed by atoms with Crippen LogP contribution in [-0.2, 0) is 11.3 Å². The Kier molecular flexibility index (Phi) is 3.87. The number of nitrogens with one attached hydrogen (secondary N) is 1. The van der Waals surface area contributed by atoms with Crippen molar-refractivity contribution in [3.05, 3.63) is 70.1 Å². The molecule has 0 fully saturated rings. The Hall–Kier alpha value is -2.34. The van der Waals surface area contributed by atoms with Gasteiger partial charge in [0.1, 0.15) is 17.9 Å². The Labute approximate surface area is 125 Å². The topological polar surface area (TPSA) is 44.7 Å². The summed E-state index contributed by atoms with van der Waals surface area (Å²) in [4.78, 5) is 18.0. The predicted octanol–water partition coefficient (Wildman–Crippen LogP) is 2.73. The van der Waals surface area contributed by atoms with Gasteiger partial charge in [0, 0.05) is 12.7 Å². The highest BCUT2D eigenvalue weighted by molar-refractivity contribution is 8.04. The van der Waals surface area contributed by atoms with E-state index >= 15 is 0 Å². The van der Waals surface area contributed by atoms with Gasteiger partial charge in [0.2, 0.25) is 0 Å². The first-order valence-corrected chi connectivity index (χ1v) is 7.26. The smallest absolute Gasteiger partial charge is 0.270 e. The summed E-state index contributed by atoms with van der Waals surface area (Å²) in [6.45, 7) is 0.337. The van der Waals surface area contributed by atoms with Crippen LogP contribution in [0.1, 0.15) is 5.56 Å².